The zero-order valence-electron chi connectivity index (χ0n) is 38.0. The molecule has 0 bridgehead atoms. The Bertz CT molecular complexity index is 1110. The van der Waals surface area contributed by atoms with Crippen LogP contribution in [0.25, 0.3) is 0 Å². The Balaban J connectivity index is 4.09. The van der Waals surface area contributed by atoms with Crippen LogP contribution >= 0.6 is 7.82 Å². The standard InChI is InChI=1S/C49H90NO8P/c1-3-5-7-9-11-13-15-17-19-20-21-22-23-24-25-26-28-30-32-34-36-38-40-42-49(52)58-47(46-57-59(53,54)56-44-43-50)45-55-48(51)41-39-37-35-33-31-29-27-18-16-14-12-10-8-6-4-2/h6,8,12,14,18,27,34,36,47H,3-5,7,9-11,13,15-17,19-26,28-33,35,37-46,50H2,1-2H3,(H,53,54)/b8-6+,14-12+,27-18+,36-34+/t47-/m1/s1. The van der Waals surface area contributed by atoms with Gasteiger partial charge in [-0.1, -0.05) is 191 Å². The zero-order valence-corrected chi connectivity index (χ0v) is 38.9. The van der Waals surface area contributed by atoms with E-state index in [9.17, 15) is 19.0 Å². The Morgan fingerprint density at radius 2 is 0.949 bits per heavy atom. The van der Waals surface area contributed by atoms with Gasteiger partial charge in [-0.15, -0.1) is 0 Å². The Hall–Kier alpha value is -2.03. The van der Waals surface area contributed by atoms with Crippen molar-refractivity contribution >= 4 is 19.8 Å². The molecule has 0 spiro atoms. The molecule has 59 heavy (non-hydrogen) atoms. The molecule has 0 saturated carbocycles. The van der Waals surface area contributed by atoms with Crippen LogP contribution < -0.4 is 5.73 Å². The number of unbranched alkanes of at least 4 members (excludes halogenated alkanes) is 24. The number of carbonyl (C=O) groups is 2. The van der Waals surface area contributed by atoms with E-state index in [0.29, 0.717) is 12.8 Å². The summed E-state index contributed by atoms with van der Waals surface area (Å²) in [5.74, 6) is -0.882. The third-order valence-corrected chi connectivity index (χ3v) is 11.2. The Morgan fingerprint density at radius 1 is 0.525 bits per heavy atom. The second-order valence-electron chi connectivity index (χ2n) is 15.9. The number of hydrogen-bond acceptors (Lipinski definition) is 8. The van der Waals surface area contributed by atoms with E-state index in [-0.39, 0.29) is 32.6 Å². The number of allylic oxidation sites excluding steroid dienone is 8. The number of esters is 2. The van der Waals surface area contributed by atoms with Crippen molar-refractivity contribution in [1.82, 2.24) is 0 Å². The molecule has 0 fully saturated rings. The normalized spacial score (nSPS) is 13.6. The summed E-state index contributed by atoms with van der Waals surface area (Å²) in [7, 11) is -4.39. The highest BCUT2D eigenvalue weighted by molar-refractivity contribution is 7.47. The molecule has 3 N–H and O–H groups in total. The fourth-order valence-electron chi connectivity index (χ4n) is 6.65. The topological polar surface area (TPSA) is 134 Å². The molecular formula is C49H90NO8P. The lowest BCUT2D eigenvalue weighted by molar-refractivity contribution is -0.161. The Labute approximate surface area is 362 Å². The van der Waals surface area contributed by atoms with Crippen LogP contribution in [0.4, 0.5) is 0 Å². The molecule has 10 heteroatoms. The fourth-order valence-corrected chi connectivity index (χ4v) is 7.42. The van der Waals surface area contributed by atoms with Crippen LogP contribution in [0, 0.1) is 0 Å². The van der Waals surface area contributed by atoms with Crippen LogP contribution in [0.15, 0.2) is 48.6 Å². The Kier molecular flexibility index (Phi) is 43.9. The van der Waals surface area contributed by atoms with Gasteiger partial charge in [0.25, 0.3) is 0 Å². The largest absolute Gasteiger partial charge is 0.472 e. The molecule has 0 aliphatic carbocycles. The summed E-state index contributed by atoms with van der Waals surface area (Å²) >= 11 is 0. The van der Waals surface area contributed by atoms with Gasteiger partial charge in [-0.05, 0) is 64.2 Å². The van der Waals surface area contributed by atoms with Gasteiger partial charge in [-0.25, -0.2) is 4.57 Å². The number of ether oxygens (including phenoxy) is 2. The lowest BCUT2D eigenvalue weighted by Gasteiger charge is -2.19. The van der Waals surface area contributed by atoms with Gasteiger partial charge in [-0.3, -0.25) is 18.6 Å². The number of phosphoric acid groups is 1. The minimum Gasteiger partial charge on any atom is -0.462 e. The summed E-state index contributed by atoms with van der Waals surface area (Å²) in [5.41, 5.74) is 5.35. The molecule has 0 aromatic heterocycles. The number of phosphoric ester groups is 1. The first-order chi connectivity index (χ1) is 28.8. The van der Waals surface area contributed by atoms with Crippen molar-refractivity contribution in [3.05, 3.63) is 48.6 Å². The maximum absolute atomic E-state index is 12.6. The minimum atomic E-state index is -4.39. The van der Waals surface area contributed by atoms with Crippen LogP contribution in [0.2, 0.25) is 0 Å². The molecule has 0 aromatic carbocycles. The molecule has 0 aliphatic rings. The summed E-state index contributed by atoms with van der Waals surface area (Å²) in [5, 5.41) is 0. The summed E-state index contributed by atoms with van der Waals surface area (Å²) in [6.07, 6.45) is 53.1. The third kappa shape index (κ3) is 45.3. The predicted molar refractivity (Wildman–Crippen MR) is 247 cm³/mol. The smallest absolute Gasteiger partial charge is 0.462 e. The van der Waals surface area contributed by atoms with Gasteiger partial charge in [0, 0.05) is 19.4 Å². The first kappa shape index (κ1) is 57.0. The second kappa shape index (κ2) is 45.5. The van der Waals surface area contributed by atoms with Gasteiger partial charge in [0.2, 0.25) is 0 Å². The van der Waals surface area contributed by atoms with E-state index in [1.165, 1.54) is 116 Å². The van der Waals surface area contributed by atoms with Crippen LogP contribution in [0.5, 0.6) is 0 Å². The molecule has 2 atom stereocenters. The number of hydrogen-bond donors (Lipinski definition) is 2. The van der Waals surface area contributed by atoms with Crippen LogP contribution in [-0.4, -0.2) is 49.3 Å². The van der Waals surface area contributed by atoms with Crippen LogP contribution in [0.1, 0.15) is 219 Å². The quantitative estimate of drug-likeness (QED) is 0.0266. The zero-order chi connectivity index (χ0) is 43.2. The highest BCUT2D eigenvalue weighted by Gasteiger charge is 2.26. The molecule has 0 aliphatic heterocycles. The molecule has 0 radical (unpaired) electrons. The molecule has 0 rings (SSSR count). The van der Waals surface area contributed by atoms with Crippen molar-refractivity contribution < 1.29 is 37.6 Å². The van der Waals surface area contributed by atoms with Gasteiger partial charge in [0.05, 0.1) is 13.2 Å². The van der Waals surface area contributed by atoms with E-state index in [1.54, 1.807) is 0 Å². The maximum atomic E-state index is 12.6. The van der Waals surface area contributed by atoms with E-state index in [1.807, 2.05) is 0 Å². The van der Waals surface area contributed by atoms with E-state index in [2.05, 4.69) is 62.5 Å². The van der Waals surface area contributed by atoms with Crippen molar-refractivity contribution in [2.24, 2.45) is 5.73 Å². The van der Waals surface area contributed by atoms with E-state index >= 15 is 0 Å². The van der Waals surface area contributed by atoms with Crippen molar-refractivity contribution in [3.8, 4) is 0 Å². The molecule has 0 amide bonds. The molecule has 0 heterocycles. The summed E-state index contributed by atoms with van der Waals surface area (Å²) in [6.45, 7) is 3.59. The fraction of sp³-hybridized carbons (Fsp3) is 0.796. The molecule has 1 unspecified atom stereocenters. The highest BCUT2D eigenvalue weighted by Crippen LogP contribution is 2.43. The predicted octanol–water partition coefficient (Wildman–Crippen LogP) is 14.3. The number of carbonyl (C=O) groups excluding carboxylic acids is 2. The second-order valence-corrected chi connectivity index (χ2v) is 17.4. The summed E-state index contributed by atoms with van der Waals surface area (Å²) in [6, 6.07) is 0. The van der Waals surface area contributed by atoms with Gasteiger partial charge in [-0.2, -0.15) is 0 Å². The van der Waals surface area contributed by atoms with Crippen molar-refractivity contribution in [2.75, 3.05) is 26.4 Å². The maximum Gasteiger partial charge on any atom is 0.472 e. The minimum absolute atomic E-state index is 0.0461. The monoisotopic (exact) mass is 852 g/mol. The third-order valence-electron chi connectivity index (χ3n) is 10.2. The van der Waals surface area contributed by atoms with Gasteiger partial charge >= 0.3 is 19.8 Å². The first-order valence-electron chi connectivity index (χ1n) is 24.1. The first-order valence-corrected chi connectivity index (χ1v) is 25.6. The van der Waals surface area contributed by atoms with Crippen molar-refractivity contribution in [3.63, 3.8) is 0 Å². The van der Waals surface area contributed by atoms with Crippen LogP contribution in [-0.2, 0) is 32.7 Å². The summed E-state index contributed by atoms with van der Waals surface area (Å²) < 4.78 is 32.8. The highest BCUT2D eigenvalue weighted by atomic mass is 31.2. The molecule has 344 valence electrons. The number of rotatable bonds is 45. The van der Waals surface area contributed by atoms with E-state index in [4.69, 9.17) is 24.3 Å². The van der Waals surface area contributed by atoms with E-state index < -0.39 is 32.5 Å². The lowest BCUT2D eigenvalue weighted by atomic mass is 10.0. The molecule has 0 saturated heterocycles. The van der Waals surface area contributed by atoms with Crippen LogP contribution in [0.3, 0.4) is 0 Å². The molecule has 0 aromatic rings. The van der Waals surface area contributed by atoms with Gasteiger partial charge in [0.1, 0.15) is 6.61 Å². The lowest BCUT2D eigenvalue weighted by Crippen LogP contribution is -2.29. The van der Waals surface area contributed by atoms with E-state index in [0.717, 1.165) is 64.2 Å². The van der Waals surface area contributed by atoms with Crippen molar-refractivity contribution in [1.29, 1.82) is 0 Å². The molecule has 9 nitrogen and oxygen atoms in total. The molecular weight excluding hydrogens is 762 g/mol. The average Bonchev–Trinajstić information content (AvgIpc) is 3.22. The summed E-state index contributed by atoms with van der Waals surface area (Å²) in [4.78, 5) is 34.9. The number of nitrogens with two attached hydrogens (primary N) is 1. The SMILES string of the molecule is CC/C=C/C/C=C/C/C=C/CCCCCCCC(=O)OC[C@H](COP(=O)(O)OCCN)OC(=O)CCC/C=C/CCCCCCCCCCCCCCCCCCCC. The van der Waals surface area contributed by atoms with Gasteiger partial charge in [0.15, 0.2) is 6.10 Å². The Morgan fingerprint density at radius 3 is 1.46 bits per heavy atom. The van der Waals surface area contributed by atoms with Crippen molar-refractivity contribution in [2.45, 2.75) is 225 Å². The average molecular weight is 852 g/mol. The van der Waals surface area contributed by atoms with Gasteiger partial charge < -0.3 is 20.1 Å².